The highest BCUT2D eigenvalue weighted by atomic mass is 16.5. The largest absolute Gasteiger partial charge is 0.497 e. The van der Waals surface area contributed by atoms with Crippen LogP contribution < -0.4 is 10.1 Å². The van der Waals surface area contributed by atoms with Crippen molar-refractivity contribution in [1.82, 2.24) is 14.9 Å². The number of nitrogens with zero attached hydrogens (tertiary/aromatic N) is 3. The van der Waals surface area contributed by atoms with E-state index in [0.717, 1.165) is 34.5 Å². The molecule has 3 aromatic rings. The van der Waals surface area contributed by atoms with Crippen molar-refractivity contribution in [2.45, 2.75) is 18.5 Å². The van der Waals surface area contributed by atoms with E-state index in [2.05, 4.69) is 27.4 Å². The Morgan fingerprint density at radius 3 is 2.87 bits per heavy atom. The topological polar surface area (TPSA) is 87.6 Å². The Kier molecular flexibility index (Phi) is 5.03. The van der Waals surface area contributed by atoms with Gasteiger partial charge in [-0.1, -0.05) is 18.2 Å². The summed E-state index contributed by atoms with van der Waals surface area (Å²) in [7, 11) is 1.66. The van der Waals surface area contributed by atoms with Gasteiger partial charge in [-0.3, -0.25) is 9.78 Å². The lowest BCUT2D eigenvalue weighted by atomic mass is 9.82. The number of hydrogen-bond donors (Lipinski definition) is 2. The minimum Gasteiger partial charge on any atom is -0.497 e. The first-order valence-electron chi connectivity index (χ1n) is 10.4. The molecule has 0 aliphatic carbocycles. The average molecular weight is 416 g/mol. The molecule has 158 valence electrons. The van der Waals surface area contributed by atoms with Gasteiger partial charge in [0.2, 0.25) is 0 Å². The van der Waals surface area contributed by atoms with Gasteiger partial charge in [-0.2, -0.15) is 0 Å². The second-order valence-corrected chi connectivity index (χ2v) is 7.95. The number of benzene rings is 2. The zero-order valence-electron chi connectivity index (χ0n) is 17.2. The summed E-state index contributed by atoms with van der Waals surface area (Å²) in [6.07, 6.45) is 5.42. The average Bonchev–Trinajstić information content (AvgIpc) is 3.29. The first-order valence-corrected chi connectivity index (χ1v) is 10.4. The number of nitrogens with one attached hydrogen (secondary N) is 1. The van der Waals surface area contributed by atoms with E-state index < -0.39 is 0 Å². The number of rotatable bonds is 4. The highest BCUT2D eigenvalue weighted by Gasteiger charge is 2.46. The molecule has 31 heavy (non-hydrogen) atoms. The van der Waals surface area contributed by atoms with Gasteiger partial charge in [-0.15, -0.1) is 0 Å². The van der Waals surface area contributed by atoms with Crippen LogP contribution in [0.1, 0.15) is 28.5 Å². The molecule has 1 fully saturated rings. The molecule has 7 heteroatoms. The molecule has 0 spiro atoms. The third kappa shape index (κ3) is 3.41. The van der Waals surface area contributed by atoms with Crippen LogP contribution in [0.15, 0.2) is 61.1 Å². The molecule has 2 N–H and O–H groups in total. The summed E-state index contributed by atoms with van der Waals surface area (Å²) >= 11 is 0. The van der Waals surface area contributed by atoms with E-state index >= 15 is 0 Å². The molecule has 3 atom stereocenters. The van der Waals surface area contributed by atoms with E-state index in [1.54, 1.807) is 13.3 Å². The lowest BCUT2D eigenvalue weighted by Gasteiger charge is -2.39. The van der Waals surface area contributed by atoms with Crippen molar-refractivity contribution in [2.24, 2.45) is 5.92 Å². The zero-order valence-corrected chi connectivity index (χ0v) is 17.2. The summed E-state index contributed by atoms with van der Waals surface area (Å²) in [6.45, 7) is 0.636. The molecule has 1 aromatic heterocycles. The summed E-state index contributed by atoms with van der Waals surface area (Å²) in [4.78, 5) is 23.4. The number of carbonyl (C=O) groups is 1. The first-order chi connectivity index (χ1) is 15.2. The van der Waals surface area contributed by atoms with Crippen LogP contribution in [0.5, 0.6) is 5.75 Å². The predicted octanol–water partition coefficient (Wildman–Crippen LogP) is 3.14. The summed E-state index contributed by atoms with van der Waals surface area (Å²) in [6, 6.07) is 13.9. The predicted molar refractivity (Wildman–Crippen MR) is 117 cm³/mol. The molecule has 1 amide bonds. The number of hydrogen-bond acceptors (Lipinski definition) is 6. The molecular weight excluding hydrogens is 392 g/mol. The number of likely N-dealkylation sites (tertiary alicyclic amines) is 1. The monoisotopic (exact) mass is 416 g/mol. The highest BCUT2D eigenvalue weighted by molar-refractivity contribution is 5.93. The van der Waals surface area contributed by atoms with E-state index in [9.17, 15) is 9.90 Å². The van der Waals surface area contributed by atoms with Crippen LogP contribution in [0.3, 0.4) is 0 Å². The molecule has 5 rings (SSSR count). The number of ether oxygens (including phenoxy) is 1. The summed E-state index contributed by atoms with van der Waals surface area (Å²) in [5, 5.41) is 13.5. The van der Waals surface area contributed by atoms with Gasteiger partial charge in [0.1, 0.15) is 11.4 Å². The second-order valence-electron chi connectivity index (χ2n) is 7.95. The van der Waals surface area contributed by atoms with Crippen molar-refractivity contribution < 1.29 is 14.6 Å². The van der Waals surface area contributed by atoms with Gasteiger partial charge in [0.25, 0.3) is 5.91 Å². The third-order valence-corrected chi connectivity index (χ3v) is 6.32. The third-order valence-electron chi connectivity index (χ3n) is 6.32. The molecule has 2 aromatic carbocycles. The SMILES string of the molecule is COc1cccc(-c2ccc3c(c2)[C@@H]2[C@@H](CCN2C(=O)c2cnccn2)[C@@H](CO)N3)c1. The highest BCUT2D eigenvalue weighted by Crippen LogP contribution is 2.47. The standard InChI is InChI=1S/C24H24N4O3/c1-31-17-4-2-3-15(11-17)16-5-6-20-19(12-16)23-18(22(14-29)27-20)7-10-28(23)24(30)21-13-25-8-9-26-21/h2-6,8-9,11-13,18,22-23,27,29H,7,10,14H2,1H3/t18-,22+,23-/m0/s1. The number of aliphatic hydroxyl groups excluding tert-OH is 1. The van der Waals surface area contributed by atoms with Gasteiger partial charge in [0.05, 0.1) is 32.0 Å². The Morgan fingerprint density at radius 2 is 2.10 bits per heavy atom. The maximum atomic E-state index is 13.3. The molecule has 1 saturated heterocycles. The Morgan fingerprint density at radius 1 is 1.23 bits per heavy atom. The Hall–Kier alpha value is -3.45. The van der Waals surface area contributed by atoms with E-state index in [1.165, 1.54) is 12.4 Å². The van der Waals surface area contributed by atoms with Crippen LogP contribution in [0.2, 0.25) is 0 Å². The number of carbonyl (C=O) groups excluding carboxylic acids is 1. The molecule has 7 nitrogen and oxygen atoms in total. The lowest BCUT2D eigenvalue weighted by Crippen LogP contribution is -2.43. The molecule has 2 aliphatic heterocycles. The van der Waals surface area contributed by atoms with Gasteiger partial charge in [0, 0.05) is 30.5 Å². The van der Waals surface area contributed by atoms with Crippen molar-refractivity contribution in [3.8, 4) is 16.9 Å². The van der Waals surface area contributed by atoms with Crippen LogP contribution >= 0.6 is 0 Å². The van der Waals surface area contributed by atoms with Gasteiger partial charge < -0.3 is 20.1 Å². The van der Waals surface area contributed by atoms with Gasteiger partial charge in [0.15, 0.2) is 0 Å². The van der Waals surface area contributed by atoms with Crippen molar-refractivity contribution in [2.75, 3.05) is 25.6 Å². The van der Waals surface area contributed by atoms with E-state index in [0.29, 0.717) is 12.2 Å². The molecular formula is C24H24N4O3. The maximum Gasteiger partial charge on any atom is 0.274 e. The Balaban J connectivity index is 1.57. The van der Waals surface area contributed by atoms with E-state index in [-0.39, 0.29) is 30.5 Å². The summed E-state index contributed by atoms with van der Waals surface area (Å²) in [5.41, 5.74) is 4.45. The number of amides is 1. The molecule has 0 unspecified atom stereocenters. The van der Waals surface area contributed by atoms with Crippen LogP contribution in [-0.2, 0) is 0 Å². The fourth-order valence-corrected chi connectivity index (χ4v) is 4.83. The molecule has 0 radical (unpaired) electrons. The van der Waals surface area contributed by atoms with Crippen molar-refractivity contribution >= 4 is 11.6 Å². The fraction of sp³-hybridized carbons (Fsp3) is 0.292. The van der Waals surface area contributed by atoms with Crippen molar-refractivity contribution in [3.05, 3.63) is 72.3 Å². The smallest absolute Gasteiger partial charge is 0.274 e. The van der Waals surface area contributed by atoms with E-state index in [1.807, 2.05) is 35.2 Å². The number of aliphatic hydroxyl groups is 1. The quantitative estimate of drug-likeness (QED) is 0.679. The van der Waals surface area contributed by atoms with Gasteiger partial charge in [-0.25, -0.2) is 4.98 Å². The Bertz CT molecular complexity index is 1100. The minimum absolute atomic E-state index is 0.0193. The Labute approximate surface area is 180 Å². The number of fused-ring (bicyclic) bond motifs is 3. The van der Waals surface area contributed by atoms with Crippen LogP contribution in [0.4, 0.5) is 5.69 Å². The number of aromatic nitrogens is 2. The molecule has 0 saturated carbocycles. The summed E-state index contributed by atoms with van der Waals surface area (Å²) < 4.78 is 5.38. The van der Waals surface area contributed by atoms with Crippen LogP contribution in [-0.4, -0.2) is 52.2 Å². The zero-order chi connectivity index (χ0) is 21.4. The van der Waals surface area contributed by atoms with E-state index in [4.69, 9.17) is 4.74 Å². The van der Waals surface area contributed by atoms with Gasteiger partial charge >= 0.3 is 0 Å². The molecule has 2 aliphatic rings. The lowest BCUT2D eigenvalue weighted by molar-refractivity contribution is 0.0694. The maximum absolute atomic E-state index is 13.3. The van der Waals surface area contributed by atoms with Crippen molar-refractivity contribution in [1.29, 1.82) is 0 Å². The normalized spacial score (nSPS) is 21.7. The van der Waals surface area contributed by atoms with Gasteiger partial charge in [-0.05, 0) is 47.4 Å². The number of methoxy groups -OCH3 is 1. The minimum atomic E-state index is -0.131. The second kappa shape index (κ2) is 8.00. The van der Waals surface area contributed by atoms with Crippen LogP contribution in [0.25, 0.3) is 11.1 Å². The molecule has 0 bridgehead atoms. The molecule has 3 heterocycles. The fourth-order valence-electron chi connectivity index (χ4n) is 4.83. The summed E-state index contributed by atoms with van der Waals surface area (Å²) in [5.74, 6) is 0.794. The first kappa shape index (κ1) is 19.5. The number of anilines is 1. The van der Waals surface area contributed by atoms with Crippen molar-refractivity contribution in [3.63, 3.8) is 0 Å². The van der Waals surface area contributed by atoms with Crippen LogP contribution in [0, 0.1) is 5.92 Å².